The molecule has 172 valence electrons. The fourth-order valence-corrected chi connectivity index (χ4v) is 4.77. The van der Waals surface area contributed by atoms with Gasteiger partial charge in [-0.05, 0) is 47.9 Å². The number of aromatic nitrogens is 3. The van der Waals surface area contributed by atoms with Crippen LogP contribution in [0.1, 0.15) is 21.1 Å². The summed E-state index contributed by atoms with van der Waals surface area (Å²) in [5.41, 5.74) is -0.780. The second-order valence-corrected chi connectivity index (χ2v) is 9.35. The summed E-state index contributed by atoms with van der Waals surface area (Å²) in [6, 6.07) is 11.8. The van der Waals surface area contributed by atoms with E-state index in [1.54, 1.807) is 23.5 Å². The van der Waals surface area contributed by atoms with E-state index in [0.29, 0.717) is 17.1 Å². The molecule has 0 aliphatic carbocycles. The van der Waals surface area contributed by atoms with Crippen LogP contribution in [0.25, 0.3) is 11.8 Å². The van der Waals surface area contributed by atoms with E-state index >= 15 is 0 Å². The molecule has 1 amide bonds. The molecule has 0 aliphatic rings. The molecule has 0 unspecified atom stereocenters. The van der Waals surface area contributed by atoms with Crippen LogP contribution in [0, 0.1) is 11.3 Å². The summed E-state index contributed by atoms with van der Waals surface area (Å²) in [4.78, 5) is 13.7. The van der Waals surface area contributed by atoms with Crippen molar-refractivity contribution in [2.45, 2.75) is 12.6 Å². The minimum atomic E-state index is -4.55. The third kappa shape index (κ3) is 5.36. The summed E-state index contributed by atoms with van der Waals surface area (Å²) in [6.45, 7) is 0. The van der Waals surface area contributed by atoms with Gasteiger partial charge in [-0.25, -0.2) is 0 Å². The van der Waals surface area contributed by atoms with E-state index in [4.69, 9.17) is 11.6 Å². The summed E-state index contributed by atoms with van der Waals surface area (Å²) >= 11 is 8.90. The van der Waals surface area contributed by atoms with Crippen molar-refractivity contribution in [1.82, 2.24) is 14.8 Å². The molecule has 3 heterocycles. The number of nitrogens with zero attached hydrogens (tertiary/aromatic N) is 4. The summed E-state index contributed by atoms with van der Waals surface area (Å²) < 4.78 is 40.8. The molecule has 6 nitrogen and oxygen atoms in total. The van der Waals surface area contributed by atoms with E-state index in [1.165, 1.54) is 28.2 Å². The monoisotopic (exact) mass is 519 g/mol. The van der Waals surface area contributed by atoms with Crippen LogP contribution >= 0.6 is 34.3 Å². The molecule has 4 aromatic rings. The van der Waals surface area contributed by atoms with Gasteiger partial charge in [0.2, 0.25) is 5.13 Å². The number of alkyl halides is 3. The number of thiophene rings is 1. The highest BCUT2D eigenvalue weighted by molar-refractivity contribution is 7.15. The van der Waals surface area contributed by atoms with Crippen molar-refractivity contribution in [1.29, 1.82) is 5.26 Å². The first kappa shape index (κ1) is 23.7. The summed E-state index contributed by atoms with van der Waals surface area (Å²) in [6.07, 6.45) is -1.22. The number of benzene rings is 1. The topological polar surface area (TPSA) is 83.6 Å². The molecule has 1 N–H and O–H groups in total. The number of rotatable bonds is 6. The van der Waals surface area contributed by atoms with E-state index < -0.39 is 17.6 Å². The van der Waals surface area contributed by atoms with Crippen molar-refractivity contribution >= 4 is 51.4 Å². The first-order valence-corrected chi connectivity index (χ1v) is 11.6. The van der Waals surface area contributed by atoms with Gasteiger partial charge in [-0.15, -0.1) is 21.5 Å². The van der Waals surface area contributed by atoms with Gasteiger partial charge in [-0.3, -0.25) is 10.1 Å². The van der Waals surface area contributed by atoms with Crippen molar-refractivity contribution in [3.05, 3.63) is 85.8 Å². The second-order valence-electron chi connectivity index (χ2n) is 6.85. The number of nitrogens with one attached hydrogen (secondary N) is 1. The smallest absolute Gasteiger partial charge is 0.316 e. The summed E-state index contributed by atoms with van der Waals surface area (Å²) in [5, 5.41) is 23.0. The van der Waals surface area contributed by atoms with Gasteiger partial charge in [0.15, 0.2) is 0 Å². The highest BCUT2D eigenvalue weighted by Gasteiger charge is 2.31. The first-order valence-electron chi connectivity index (χ1n) is 9.57. The molecular weight excluding hydrogens is 507 g/mol. The minimum Gasteiger partial charge on any atom is -0.316 e. The van der Waals surface area contributed by atoms with Gasteiger partial charge in [0.25, 0.3) is 5.91 Å². The maximum atomic E-state index is 13.2. The molecule has 0 fully saturated rings. The molecule has 0 atom stereocenters. The number of nitriles is 1. The van der Waals surface area contributed by atoms with E-state index in [-0.39, 0.29) is 21.4 Å². The Morgan fingerprint density at radius 2 is 2.06 bits per heavy atom. The van der Waals surface area contributed by atoms with Crippen LogP contribution in [0.5, 0.6) is 0 Å². The van der Waals surface area contributed by atoms with E-state index in [0.717, 1.165) is 23.1 Å². The number of anilines is 1. The van der Waals surface area contributed by atoms with E-state index in [1.807, 2.05) is 23.6 Å². The Hall–Kier alpha value is -3.46. The first-order chi connectivity index (χ1) is 16.2. The number of hydrogen-bond acceptors (Lipinski definition) is 6. The van der Waals surface area contributed by atoms with Crippen LogP contribution in [0.2, 0.25) is 5.02 Å². The van der Waals surface area contributed by atoms with Crippen molar-refractivity contribution in [2.75, 3.05) is 5.32 Å². The zero-order valence-corrected chi connectivity index (χ0v) is 19.4. The van der Waals surface area contributed by atoms with Gasteiger partial charge in [-0.2, -0.15) is 18.4 Å². The second kappa shape index (κ2) is 9.80. The lowest BCUT2D eigenvalue weighted by Crippen LogP contribution is -2.13. The Labute approximate surface area is 204 Å². The molecule has 0 radical (unpaired) electrons. The van der Waals surface area contributed by atoms with Crippen LogP contribution in [0.15, 0.2) is 59.6 Å². The lowest BCUT2D eigenvalue weighted by Gasteiger charge is -2.13. The van der Waals surface area contributed by atoms with E-state index in [9.17, 15) is 23.2 Å². The van der Waals surface area contributed by atoms with Gasteiger partial charge in [0.05, 0.1) is 16.3 Å². The third-order valence-corrected chi connectivity index (χ3v) is 6.60. The molecule has 4 rings (SSSR count). The molecular formula is C22H13ClF3N5OS2. The van der Waals surface area contributed by atoms with Gasteiger partial charge in [0, 0.05) is 23.2 Å². The Morgan fingerprint density at radius 1 is 1.24 bits per heavy atom. The third-order valence-electron chi connectivity index (χ3n) is 4.56. The molecule has 34 heavy (non-hydrogen) atoms. The molecule has 1 aromatic carbocycles. The van der Waals surface area contributed by atoms with Crippen LogP contribution in [0.4, 0.5) is 18.3 Å². The maximum absolute atomic E-state index is 13.2. The number of amides is 1. The van der Waals surface area contributed by atoms with Crippen LogP contribution < -0.4 is 5.32 Å². The van der Waals surface area contributed by atoms with Crippen molar-refractivity contribution in [3.63, 3.8) is 0 Å². The predicted octanol–water partition coefficient (Wildman–Crippen LogP) is 6.20. The van der Waals surface area contributed by atoms with Gasteiger partial charge < -0.3 is 4.57 Å². The average molecular weight is 520 g/mol. The van der Waals surface area contributed by atoms with Gasteiger partial charge >= 0.3 is 6.18 Å². The highest BCUT2D eigenvalue weighted by Crippen LogP contribution is 2.34. The largest absolute Gasteiger partial charge is 0.416 e. The molecule has 0 spiro atoms. The van der Waals surface area contributed by atoms with Gasteiger partial charge in [0.1, 0.15) is 16.6 Å². The van der Waals surface area contributed by atoms with Gasteiger partial charge in [-0.1, -0.05) is 29.0 Å². The molecule has 0 saturated heterocycles. The Morgan fingerprint density at radius 3 is 2.76 bits per heavy atom. The summed E-state index contributed by atoms with van der Waals surface area (Å²) in [5.74, 6) is -0.718. The zero-order chi connectivity index (χ0) is 24.3. The highest BCUT2D eigenvalue weighted by atomic mass is 35.5. The SMILES string of the molecule is N#C/C(=C/c1cccn1-c1cc(C(F)(F)F)ccc1Cl)C(=O)Nc1nnc(Cc2cccs2)s1. The maximum Gasteiger partial charge on any atom is 0.416 e. The summed E-state index contributed by atoms with van der Waals surface area (Å²) in [7, 11) is 0. The molecule has 12 heteroatoms. The predicted molar refractivity (Wildman–Crippen MR) is 125 cm³/mol. The Balaban J connectivity index is 1.57. The number of hydrogen-bond donors (Lipinski definition) is 1. The fraction of sp³-hybridized carbons (Fsp3) is 0.0909. The molecule has 3 aromatic heterocycles. The number of halogens is 4. The van der Waals surface area contributed by atoms with E-state index in [2.05, 4.69) is 15.5 Å². The van der Waals surface area contributed by atoms with Crippen LogP contribution in [-0.2, 0) is 17.4 Å². The zero-order valence-electron chi connectivity index (χ0n) is 17.0. The Kier molecular flexibility index (Phi) is 6.83. The number of carbonyl (C=O) groups is 1. The van der Waals surface area contributed by atoms with Crippen LogP contribution in [0.3, 0.4) is 0 Å². The van der Waals surface area contributed by atoms with Crippen LogP contribution in [-0.4, -0.2) is 20.7 Å². The fourth-order valence-electron chi connectivity index (χ4n) is 3.00. The minimum absolute atomic E-state index is 0.0628. The average Bonchev–Trinajstić information content (AvgIpc) is 3.55. The lowest BCUT2D eigenvalue weighted by atomic mass is 10.1. The number of carbonyl (C=O) groups excluding carboxylic acids is 1. The molecule has 0 aliphatic heterocycles. The standard InChI is InChI=1S/C22H13ClF3N5OS2/c23-17-6-5-14(22(24,25)26)10-18(17)31-7-1-3-15(31)9-13(12-27)20(32)28-21-30-29-19(34-21)11-16-4-2-8-33-16/h1-10H,11H2,(H,28,30,32)/b13-9-. The van der Waals surface area contributed by atoms with Crippen molar-refractivity contribution < 1.29 is 18.0 Å². The Bertz CT molecular complexity index is 1400. The molecule has 0 saturated carbocycles. The van der Waals surface area contributed by atoms with Crippen molar-refractivity contribution in [3.8, 4) is 11.8 Å². The lowest BCUT2D eigenvalue weighted by molar-refractivity contribution is -0.137. The molecule has 0 bridgehead atoms. The van der Waals surface area contributed by atoms with Crippen molar-refractivity contribution in [2.24, 2.45) is 0 Å². The quantitative estimate of drug-likeness (QED) is 0.243. The normalized spacial score (nSPS) is 11.9.